The molecule has 128 valence electrons. The highest BCUT2D eigenvalue weighted by atomic mass is 16.5. The first kappa shape index (κ1) is 17.8. The Labute approximate surface area is 143 Å². The SMILES string of the molecule is COc1ccccc1CNC(=O)c1ccc(NCCC(C)C)nc1. The summed E-state index contributed by atoms with van der Waals surface area (Å²) >= 11 is 0. The van der Waals surface area contributed by atoms with Gasteiger partial charge in [-0.1, -0.05) is 32.0 Å². The monoisotopic (exact) mass is 327 g/mol. The number of methoxy groups -OCH3 is 1. The molecule has 0 bridgehead atoms. The van der Waals surface area contributed by atoms with Gasteiger partial charge in [-0.2, -0.15) is 0 Å². The Hall–Kier alpha value is -2.56. The van der Waals surface area contributed by atoms with Gasteiger partial charge in [-0.05, 0) is 30.5 Å². The molecule has 0 spiro atoms. The minimum absolute atomic E-state index is 0.151. The van der Waals surface area contributed by atoms with Crippen LogP contribution < -0.4 is 15.4 Å². The number of rotatable bonds is 8. The summed E-state index contributed by atoms with van der Waals surface area (Å²) in [6.45, 7) is 5.66. The van der Waals surface area contributed by atoms with Crippen LogP contribution in [-0.2, 0) is 6.54 Å². The molecule has 0 saturated carbocycles. The van der Waals surface area contributed by atoms with Crippen LogP contribution in [0.15, 0.2) is 42.6 Å². The molecule has 1 amide bonds. The first-order valence-electron chi connectivity index (χ1n) is 8.20. The van der Waals surface area contributed by atoms with Gasteiger partial charge in [-0.15, -0.1) is 0 Å². The number of amides is 1. The number of benzene rings is 1. The average molecular weight is 327 g/mol. The lowest BCUT2D eigenvalue weighted by Gasteiger charge is -2.10. The number of anilines is 1. The number of carbonyl (C=O) groups excluding carboxylic acids is 1. The van der Waals surface area contributed by atoms with Crippen LogP contribution in [0.1, 0.15) is 36.2 Å². The Morgan fingerprint density at radius 3 is 2.67 bits per heavy atom. The lowest BCUT2D eigenvalue weighted by Crippen LogP contribution is -2.23. The van der Waals surface area contributed by atoms with E-state index in [2.05, 4.69) is 29.5 Å². The van der Waals surface area contributed by atoms with Crippen molar-refractivity contribution in [3.05, 3.63) is 53.7 Å². The first-order chi connectivity index (χ1) is 11.6. The minimum atomic E-state index is -0.151. The highest BCUT2D eigenvalue weighted by Crippen LogP contribution is 2.17. The van der Waals surface area contributed by atoms with Gasteiger partial charge in [-0.25, -0.2) is 4.98 Å². The molecule has 0 aliphatic rings. The molecule has 0 saturated heterocycles. The van der Waals surface area contributed by atoms with E-state index in [1.165, 1.54) is 0 Å². The van der Waals surface area contributed by atoms with Crippen molar-refractivity contribution in [1.82, 2.24) is 10.3 Å². The van der Waals surface area contributed by atoms with Gasteiger partial charge in [-0.3, -0.25) is 4.79 Å². The maximum atomic E-state index is 12.2. The average Bonchev–Trinajstić information content (AvgIpc) is 2.60. The van der Waals surface area contributed by atoms with Gasteiger partial charge in [0.05, 0.1) is 12.7 Å². The highest BCUT2D eigenvalue weighted by Gasteiger charge is 2.08. The zero-order valence-corrected chi connectivity index (χ0v) is 14.5. The van der Waals surface area contributed by atoms with E-state index in [-0.39, 0.29) is 5.91 Å². The molecule has 5 nitrogen and oxygen atoms in total. The van der Waals surface area contributed by atoms with Crippen molar-refractivity contribution in [2.75, 3.05) is 19.0 Å². The molecule has 0 fully saturated rings. The molecule has 0 atom stereocenters. The van der Waals surface area contributed by atoms with Crippen molar-refractivity contribution >= 4 is 11.7 Å². The van der Waals surface area contributed by atoms with Crippen molar-refractivity contribution < 1.29 is 9.53 Å². The summed E-state index contributed by atoms with van der Waals surface area (Å²) in [5.74, 6) is 2.05. The fourth-order valence-corrected chi connectivity index (χ4v) is 2.25. The molecule has 0 radical (unpaired) electrons. The number of nitrogens with one attached hydrogen (secondary N) is 2. The minimum Gasteiger partial charge on any atom is -0.496 e. The van der Waals surface area contributed by atoms with Crippen molar-refractivity contribution in [2.24, 2.45) is 5.92 Å². The largest absolute Gasteiger partial charge is 0.496 e. The quantitative estimate of drug-likeness (QED) is 0.779. The van der Waals surface area contributed by atoms with Crippen LogP contribution in [0.5, 0.6) is 5.75 Å². The van der Waals surface area contributed by atoms with E-state index < -0.39 is 0 Å². The van der Waals surface area contributed by atoms with Crippen LogP contribution in [0, 0.1) is 5.92 Å². The molecular formula is C19H25N3O2. The zero-order valence-electron chi connectivity index (χ0n) is 14.5. The van der Waals surface area contributed by atoms with Crippen molar-refractivity contribution in [3.8, 4) is 5.75 Å². The number of para-hydroxylation sites is 1. The van der Waals surface area contributed by atoms with E-state index in [1.807, 2.05) is 30.3 Å². The molecule has 2 aromatic rings. The summed E-state index contributed by atoms with van der Waals surface area (Å²) in [5.41, 5.74) is 1.48. The van der Waals surface area contributed by atoms with Gasteiger partial charge >= 0.3 is 0 Å². The third-order valence-corrected chi connectivity index (χ3v) is 3.69. The Bertz CT molecular complexity index is 654. The number of nitrogens with zero attached hydrogens (tertiary/aromatic N) is 1. The predicted molar refractivity (Wildman–Crippen MR) is 96.3 cm³/mol. The van der Waals surface area contributed by atoms with E-state index in [0.717, 1.165) is 30.1 Å². The summed E-state index contributed by atoms with van der Waals surface area (Å²) < 4.78 is 5.28. The zero-order chi connectivity index (χ0) is 17.4. The van der Waals surface area contributed by atoms with Crippen molar-refractivity contribution in [1.29, 1.82) is 0 Å². The smallest absolute Gasteiger partial charge is 0.253 e. The Morgan fingerprint density at radius 1 is 1.21 bits per heavy atom. The summed E-state index contributed by atoms with van der Waals surface area (Å²) in [4.78, 5) is 16.5. The second-order valence-electron chi connectivity index (χ2n) is 6.04. The van der Waals surface area contributed by atoms with Crippen LogP contribution in [0.25, 0.3) is 0 Å². The molecule has 0 aliphatic heterocycles. The molecule has 5 heteroatoms. The van der Waals surface area contributed by atoms with Crippen molar-refractivity contribution in [2.45, 2.75) is 26.8 Å². The fourth-order valence-electron chi connectivity index (χ4n) is 2.25. The topological polar surface area (TPSA) is 63.2 Å². The normalized spacial score (nSPS) is 10.5. The molecule has 0 unspecified atom stereocenters. The summed E-state index contributed by atoms with van der Waals surface area (Å²) in [6, 6.07) is 11.2. The predicted octanol–water partition coefficient (Wildman–Crippen LogP) is 3.48. The molecule has 1 aromatic carbocycles. The number of pyridine rings is 1. The van der Waals surface area contributed by atoms with Crippen LogP contribution >= 0.6 is 0 Å². The van der Waals surface area contributed by atoms with Crippen LogP contribution in [-0.4, -0.2) is 24.5 Å². The van der Waals surface area contributed by atoms with Gasteiger partial charge in [0.15, 0.2) is 0 Å². The first-order valence-corrected chi connectivity index (χ1v) is 8.20. The fraction of sp³-hybridized carbons (Fsp3) is 0.368. The van der Waals surface area contributed by atoms with Gasteiger partial charge in [0.1, 0.15) is 11.6 Å². The molecule has 2 N–H and O–H groups in total. The van der Waals surface area contributed by atoms with Gasteiger partial charge in [0, 0.05) is 24.8 Å². The second kappa shape index (κ2) is 8.91. The Balaban J connectivity index is 1.88. The maximum absolute atomic E-state index is 12.2. The summed E-state index contributed by atoms with van der Waals surface area (Å²) in [7, 11) is 1.62. The number of aromatic nitrogens is 1. The third kappa shape index (κ3) is 5.26. The number of ether oxygens (including phenoxy) is 1. The van der Waals surface area contributed by atoms with Crippen LogP contribution in [0.2, 0.25) is 0 Å². The van der Waals surface area contributed by atoms with Gasteiger partial charge in [0.25, 0.3) is 5.91 Å². The van der Waals surface area contributed by atoms with Crippen LogP contribution in [0.3, 0.4) is 0 Å². The van der Waals surface area contributed by atoms with E-state index in [1.54, 1.807) is 19.4 Å². The lowest BCUT2D eigenvalue weighted by molar-refractivity contribution is 0.0950. The molecule has 1 heterocycles. The standard InChI is InChI=1S/C19H25N3O2/c1-14(2)10-11-20-18-9-8-16(13-21-18)19(23)22-12-15-6-4-5-7-17(15)24-3/h4-9,13-14H,10-12H2,1-3H3,(H,20,21)(H,22,23). The Kier molecular flexibility index (Phi) is 6.61. The molecule has 0 aliphatic carbocycles. The number of hydrogen-bond acceptors (Lipinski definition) is 4. The van der Waals surface area contributed by atoms with Crippen molar-refractivity contribution in [3.63, 3.8) is 0 Å². The lowest BCUT2D eigenvalue weighted by atomic mass is 10.1. The van der Waals surface area contributed by atoms with Gasteiger partial charge in [0.2, 0.25) is 0 Å². The third-order valence-electron chi connectivity index (χ3n) is 3.69. The molecule has 1 aromatic heterocycles. The maximum Gasteiger partial charge on any atom is 0.253 e. The van der Waals surface area contributed by atoms with Crippen LogP contribution in [0.4, 0.5) is 5.82 Å². The highest BCUT2D eigenvalue weighted by molar-refractivity contribution is 5.94. The summed E-state index contributed by atoms with van der Waals surface area (Å²) in [5, 5.41) is 6.14. The van der Waals surface area contributed by atoms with E-state index in [9.17, 15) is 4.79 Å². The number of hydrogen-bond donors (Lipinski definition) is 2. The van der Waals surface area contributed by atoms with Gasteiger partial charge < -0.3 is 15.4 Å². The summed E-state index contributed by atoms with van der Waals surface area (Å²) in [6.07, 6.45) is 2.68. The molecule has 2 rings (SSSR count). The molecule has 24 heavy (non-hydrogen) atoms. The number of carbonyl (C=O) groups is 1. The second-order valence-corrected chi connectivity index (χ2v) is 6.04. The molecular weight excluding hydrogens is 302 g/mol. The van der Waals surface area contributed by atoms with E-state index >= 15 is 0 Å². The Morgan fingerprint density at radius 2 is 2.00 bits per heavy atom. The van der Waals surface area contributed by atoms with E-state index in [0.29, 0.717) is 18.0 Å². The van der Waals surface area contributed by atoms with E-state index in [4.69, 9.17) is 4.74 Å².